The maximum Gasteiger partial charge on any atom is 0.338 e. The molecule has 0 aliphatic carbocycles. The Hall–Kier alpha value is -2.82. The fourth-order valence-electron chi connectivity index (χ4n) is 1.94. The average molecular weight is 313 g/mol. The molecule has 0 atom stereocenters. The average Bonchev–Trinajstić information content (AvgIpc) is 2.60. The van der Waals surface area contributed by atoms with Gasteiger partial charge in [-0.05, 0) is 48.9 Å². The molecule has 23 heavy (non-hydrogen) atoms. The van der Waals surface area contributed by atoms with Crippen LogP contribution in [0.15, 0.2) is 48.5 Å². The molecule has 2 rings (SSSR count). The first kappa shape index (κ1) is 16.5. The smallest absolute Gasteiger partial charge is 0.338 e. The Kier molecular flexibility index (Phi) is 5.74. The second-order valence-electron chi connectivity index (χ2n) is 4.90. The van der Waals surface area contributed by atoms with E-state index in [1.165, 1.54) is 0 Å². The third-order valence-corrected chi connectivity index (χ3v) is 3.15. The van der Waals surface area contributed by atoms with Gasteiger partial charge >= 0.3 is 5.97 Å². The largest absolute Gasteiger partial charge is 0.497 e. The molecule has 0 heterocycles. The van der Waals surface area contributed by atoms with Crippen LogP contribution in [0.4, 0.5) is 5.69 Å². The molecule has 5 nitrogen and oxygen atoms in total. The summed E-state index contributed by atoms with van der Waals surface area (Å²) in [5.74, 6) is 0.00870. The number of hydrogen-bond acceptors (Lipinski definition) is 4. The highest BCUT2D eigenvalue weighted by atomic mass is 16.5. The van der Waals surface area contributed by atoms with Crippen LogP contribution in [0.25, 0.3) is 0 Å². The number of rotatable bonds is 6. The van der Waals surface area contributed by atoms with E-state index < -0.39 is 0 Å². The van der Waals surface area contributed by atoms with Crippen LogP contribution in [0.3, 0.4) is 0 Å². The van der Waals surface area contributed by atoms with E-state index in [1.54, 1.807) is 55.6 Å². The van der Waals surface area contributed by atoms with Crippen molar-refractivity contribution in [3.63, 3.8) is 0 Å². The van der Waals surface area contributed by atoms with Gasteiger partial charge in [-0.3, -0.25) is 4.79 Å². The number of methoxy groups -OCH3 is 1. The van der Waals surface area contributed by atoms with Crippen molar-refractivity contribution in [2.24, 2.45) is 0 Å². The normalized spacial score (nSPS) is 10.0. The first-order valence-electron chi connectivity index (χ1n) is 7.36. The molecule has 0 unspecified atom stereocenters. The van der Waals surface area contributed by atoms with E-state index in [-0.39, 0.29) is 11.9 Å². The molecule has 1 amide bonds. The number of benzene rings is 2. The summed E-state index contributed by atoms with van der Waals surface area (Å²) >= 11 is 0. The summed E-state index contributed by atoms with van der Waals surface area (Å²) in [6, 6.07) is 13.5. The van der Waals surface area contributed by atoms with Crippen LogP contribution < -0.4 is 10.1 Å². The molecule has 0 aliphatic rings. The molecule has 0 radical (unpaired) electrons. The van der Waals surface area contributed by atoms with Crippen LogP contribution in [0.5, 0.6) is 5.75 Å². The second kappa shape index (κ2) is 7.98. The molecule has 0 bridgehead atoms. The van der Waals surface area contributed by atoms with E-state index in [2.05, 4.69) is 5.32 Å². The summed E-state index contributed by atoms with van der Waals surface area (Å²) in [6.07, 6.45) is 0.778. The fourth-order valence-corrected chi connectivity index (χ4v) is 1.94. The van der Waals surface area contributed by atoms with Crippen LogP contribution in [0, 0.1) is 0 Å². The van der Waals surface area contributed by atoms with E-state index in [9.17, 15) is 9.59 Å². The first-order chi connectivity index (χ1) is 11.1. The Labute approximate surface area is 135 Å². The quantitative estimate of drug-likeness (QED) is 0.829. The first-order valence-corrected chi connectivity index (χ1v) is 7.36. The second-order valence-corrected chi connectivity index (χ2v) is 4.90. The van der Waals surface area contributed by atoms with Crippen LogP contribution in [0.2, 0.25) is 0 Å². The van der Waals surface area contributed by atoms with E-state index in [4.69, 9.17) is 9.47 Å². The van der Waals surface area contributed by atoms with Gasteiger partial charge in [0.2, 0.25) is 0 Å². The van der Waals surface area contributed by atoms with Crippen molar-refractivity contribution in [2.45, 2.75) is 13.3 Å². The highest BCUT2D eigenvalue weighted by Crippen LogP contribution is 2.16. The van der Waals surface area contributed by atoms with Gasteiger partial charge in [0.25, 0.3) is 5.91 Å². The Balaban J connectivity index is 2.02. The molecule has 2 aromatic rings. The number of nitrogens with one attached hydrogen (secondary N) is 1. The molecule has 5 heteroatoms. The Morgan fingerprint density at radius 3 is 2.43 bits per heavy atom. The number of carbonyl (C=O) groups excluding carboxylic acids is 2. The van der Waals surface area contributed by atoms with Gasteiger partial charge in [0, 0.05) is 11.3 Å². The lowest BCUT2D eigenvalue weighted by Crippen LogP contribution is -2.12. The zero-order chi connectivity index (χ0) is 16.7. The SMILES string of the molecule is CCCOC(=O)c1ccc(NC(=O)c2cccc(OC)c2)cc1. The molecule has 0 saturated carbocycles. The minimum atomic E-state index is -0.363. The van der Waals surface area contributed by atoms with Crippen molar-refractivity contribution >= 4 is 17.6 Å². The molecule has 0 spiro atoms. The monoisotopic (exact) mass is 313 g/mol. The number of hydrogen-bond donors (Lipinski definition) is 1. The van der Waals surface area contributed by atoms with Crippen molar-refractivity contribution in [1.82, 2.24) is 0 Å². The molecule has 2 aromatic carbocycles. The van der Waals surface area contributed by atoms with E-state index in [0.717, 1.165) is 6.42 Å². The summed E-state index contributed by atoms with van der Waals surface area (Å²) in [5, 5.41) is 2.77. The predicted octanol–water partition coefficient (Wildman–Crippen LogP) is 3.51. The van der Waals surface area contributed by atoms with Gasteiger partial charge in [0.05, 0.1) is 19.3 Å². The molecule has 0 aromatic heterocycles. The summed E-state index contributed by atoms with van der Waals surface area (Å²) in [4.78, 5) is 23.9. The number of ether oxygens (including phenoxy) is 2. The Morgan fingerprint density at radius 1 is 1.04 bits per heavy atom. The van der Waals surface area contributed by atoms with Gasteiger partial charge in [-0.25, -0.2) is 4.79 Å². The van der Waals surface area contributed by atoms with Crippen LogP contribution in [-0.2, 0) is 4.74 Å². The third-order valence-electron chi connectivity index (χ3n) is 3.15. The number of carbonyl (C=O) groups is 2. The summed E-state index contributed by atoms with van der Waals surface area (Å²) in [5.41, 5.74) is 1.55. The molecule has 0 saturated heterocycles. The van der Waals surface area contributed by atoms with Gasteiger partial charge in [0.15, 0.2) is 0 Å². The van der Waals surface area contributed by atoms with Crippen molar-refractivity contribution in [3.8, 4) is 5.75 Å². The third kappa shape index (κ3) is 4.57. The van der Waals surface area contributed by atoms with Crippen LogP contribution in [0.1, 0.15) is 34.1 Å². The number of esters is 1. The van der Waals surface area contributed by atoms with Gasteiger partial charge in [-0.15, -0.1) is 0 Å². The predicted molar refractivity (Wildman–Crippen MR) is 88.0 cm³/mol. The molecular weight excluding hydrogens is 294 g/mol. The maximum absolute atomic E-state index is 12.2. The lowest BCUT2D eigenvalue weighted by Gasteiger charge is -2.08. The van der Waals surface area contributed by atoms with Gasteiger partial charge in [-0.1, -0.05) is 13.0 Å². The summed E-state index contributed by atoms with van der Waals surface area (Å²) in [6.45, 7) is 2.33. The van der Waals surface area contributed by atoms with E-state index >= 15 is 0 Å². The topological polar surface area (TPSA) is 64.6 Å². The zero-order valence-corrected chi connectivity index (χ0v) is 13.2. The van der Waals surface area contributed by atoms with Crippen LogP contribution in [-0.4, -0.2) is 25.6 Å². The van der Waals surface area contributed by atoms with Crippen molar-refractivity contribution < 1.29 is 19.1 Å². The molecule has 120 valence electrons. The van der Waals surface area contributed by atoms with Crippen molar-refractivity contribution in [2.75, 3.05) is 19.0 Å². The van der Waals surface area contributed by atoms with Crippen molar-refractivity contribution in [1.29, 1.82) is 0 Å². The van der Waals surface area contributed by atoms with Gasteiger partial charge in [-0.2, -0.15) is 0 Å². The minimum Gasteiger partial charge on any atom is -0.497 e. The highest BCUT2D eigenvalue weighted by Gasteiger charge is 2.09. The highest BCUT2D eigenvalue weighted by molar-refractivity contribution is 6.04. The summed E-state index contributed by atoms with van der Waals surface area (Å²) in [7, 11) is 1.55. The minimum absolute atomic E-state index is 0.245. The Bertz CT molecular complexity index is 680. The standard InChI is InChI=1S/C18H19NO4/c1-3-11-23-18(21)13-7-9-15(10-8-13)19-17(20)14-5-4-6-16(12-14)22-2/h4-10,12H,3,11H2,1-2H3,(H,19,20). The molecule has 1 N–H and O–H groups in total. The Morgan fingerprint density at radius 2 is 1.78 bits per heavy atom. The van der Waals surface area contributed by atoms with Crippen LogP contribution >= 0.6 is 0 Å². The summed E-state index contributed by atoms with van der Waals surface area (Å²) < 4.78 is 10.2. The molecule has 0 aliphatic heterocycles. The zero-order valence-electron chi connectivity index (χ0n) is 13.2. The number of anilines is 1. The lowest BCUT2D eigenvalue weighted by molar-refractivity contribution is 0.0505. The number of amides is 1. The van der Waals surface area contributed by atoms with Gasteiger partial charge < -0.3 is 14.8 Å². The molecular formula is C18H19NO4. The maximum atomic E-state index is 12.2. The fraction of sp³-hybridized carbons (Fsp3) is 0.222. The molecule has 0 fully saturated rings. The van der Waals surface area contributed by atoms with E-state index in [1.807, 2.05) is 6.92 Å². The lowest BCUT2D eigenvalue weighted by atomic mass is 10.1. The van der Waals surface area contributed by atoms with E-state index in [0.29, 0.717) is 29.2 Å². The van der Waals surface area contributed by atoms with Crippen molar-refractivity contribution in [3.05, 3.63) is 59.7 Å². The van der Waals surface area contributed by atoms with Gasteiger partial charge in [0.1, 0.15) is 5.75 Å².